The monoisotopic (exact) mass is 421 g/mol. The number of rotatable bonds is 9. The number of carbonyl (C=O) groups is 2. The molecular weight excluding hydrogens is 398 g/mol. The Bertz CT molecular complexity index is 986. The molecule has 29 heavy (non-hydrogen) atoms. The highest BCUT2D eigenvalue weighted by Gasteiger charge is 2.14. The van der Waals surface area contributed by atoms with E-state index in [1.54, 1.807) is 18.2 Å². The van der Waals surface area contributed by atoms with Gasteiger partial charge in [0.2, 0.25) is 0 Å². The van der Waals surface area contributed by atoms with E-state index in [2.05, 4.69) is 5.32 Å². The maximum atomic E-state index is 12.0. The number of sulfone groups is 1. The minimum absolute atomic E-state index is 0.0559. The van der Waals surface area contributed by atoms with Gasteiger partial charge in [0, 0.05) is 18.4 Å². The van der Waals surface area contributed by atoms with Gasteiger partial charge in [0.05, 0.1) is 19.1 Å². The molecule has 0 heterocycles. The van der Waals surface area contributed by atoms with Crippen molar-refractivity contribution in [1.82, 2.24) is 0 Å². The quantitative estimate of drug-likeness (QED) is 0.619. The van der Waals surface area contributed by atoms with Crippen LogP contribution in [0.2, 0.25) is 0 Å². The summed E-state index contributed by atoms with van der Waals surface area (Å²) < 4.78 is 38.6. The van der Waals surface area contributed by atoms with Crippen molar-refractivity contribution in [2.45, 2.75) is 17.7 Å². The van der Waals surface area contributed by atoms with Crippen molar-refractivity contribution in [2.24, 2.45) is 0 Å². The number of benzene rings is 2. The minimum Gasteiger partial charge on any atom is -0.493 e. The Hall–Kier alpha value is -3.07. The van der Waals surface area contributed by atoms with E-state index >= 15 is 0 Å². The first-order valence-corrected chi connectivity index (χ1v) is 10.6. The topological polar surface area (TPSA) is 108 Å². The minimum atomic E-state index is -3.39. The van der Waals surface area contributed by atoms with E-state index in [1.165, 1.54) is 32.4 Å². The van der Waals surface area contributed by atoms with E-state index in [1.807, 2.05) is 6.07 Å². The lowest BCUT2D eigenvalue weighted by atomic mass is 10.1. The molecular formula is C20H23NO7S. The number of para-hydroxylation sites is 1. The summed E-state index contributed by atoms with van der Waals surface area (Å²) in [5.41, 5.74) is 1.08. The molecule has 9 heteroatoms. The van der Waals surface area contributed by atoms with Crippen molar-refractivity contribution in [3.8, 4) is 11.5 Å². The molecule has 0 aliphatic carbocycles. The second kappa shape index (κ2) is 9.92. The summed E-state index contributed by atoms with van der Waals surface area (Å²) in [4.78, 5) is 24.0. The van der Waals surface area contributed by atoms with Crippen LogP contribution in [0.15, 0.2) is 47.4 Å². The fraction of sp³-hybridized carbons (Fsp3) is 0.300. The molecule has 2 aromatic carbocycles. The lowest BCUT2D eigenvalue weighted by Crippen LogP contribution is -2.21. The van der Waals surface area contributed by atoms with Gasteiger partial charge in [-0.2, -0.15) is 0 Å². The molecule has 0 aliphatic rings. The zero-order valence-electron chi connectivity index (χ0n) is 16.4. The van der Waals surface area contributed by atoms with Crippen LogP contribution in [0.3, 0.4) is 0 Å². The van der Waals surface area contributed by atoms with E-state index in [0.29, 0.717) is 23.6 Å². The normalized spacial score (nSPS) is 10.9. The summed E-state index contributed by atoms with van der Waals surface area (Å²) in [5.74, 6) is -0.00163. The van der Waals surface area contributed by atoms with Crippen LogP contribution in [0.4, 0.5) is 5.69 Å². The first-order chi connectivity index (χ1) is 13.7. The Balaban J connectivity index is 1.86. The number of amides is 1. The number of hydrogen-bond donors (Lipinski definition) is 1. The average Bonchev–Trinajstić information content (AvgIpc) is 2.69. The standard InChI is InChI=1S/C20H23NO7S/c1-26-17-9-4-6-14(20(17)27-2)10-11-19(23)28-13-18(22)21-15-7-5-8-16(12-15)29(3,24)25/h4-9,12H,10-11,13H2,1-3H3,(H,21,22). The molecule has 0 spiro atoms. The summed E-state index contributed by atoms with van der Waals surface area (Å²) in [7, 11) is -0.343. The van der Waals surface area contributed by atoms with Crippen LogP contribution < -0.4 is 14.8 Å². The molecule has 0 aliphatic heterocycles. The van der Waals surface area contributed by atoms with Gasteiger partial charge in [0.15, 0.2) is 27.9 Å². The second-order valence-electron chi connectivity index (χ2n) is 6.16. The van der Waals surface area contributed by atoms with Gasteiger partial charge >= 0.3 is 5.97 Å². The summed E-state index contributed by atoms with van der Waals surface area (Å²) in [5, 5.41) is 2.50. The number of anilines is 1. The molecule has 0 fully saturated rings. The van der Waals surface area contributed by atoms with Crippen molar-refractivity contribution < 1.29 is 32.2 Å². The molecule has 8 nitrogen and oxygen atoms in total. The number of hydrogen-bond acceptors (Lipinski definition) is 7. The molecule has 0 aromatic heterocycles. The van der Waals surface area contributed by atoms with E-state index in [4.69, 9.17) is 14.2 Å². The lowest BCUT2D eigenvalue weighted by Gasteiger charge is -2.12. The Morgan fingerprint density at radius 1 is 1.03 bits per heavy atom. The van der Waals surface area contributed by atoms with Crippen molar-refractivity contribution in [3.05, 3.63) is 48.0 Å². The fourth-order valence-corrected chi connectivity index (χ4v) is 3.27. The number of methoxy groups -OCH3 is 2. The van der Waals surface area contributed by atoms with E-state index in [-0.39, 0.29) is 11.3 Å². The number of carbonyl (C=O) groups excluding carboxylic acids is 2. The highest BCUT2D eigenvalue weighted by atomic mass is 32.2. The SMILES string of the molecule is COc1cccc(CCC(=O)OCC(=O)Nc2cccc(S(C)(=O)=O)c2)c1OC. The fourth-order valence-electron chi connectivity index (χ4n) is 2.61. The zero-order valence-corrected chi connectivity index (χ0v) is 17.2. The molecule has 0 bridgehead atoms. The number of ether oxygens (including phenoxy) is 3. The van der Waals surface area contributed by atoms with Gasteiger partial charge in [0.1, 0.15) is 0 Å². The van der Waals surface area contributed by atoms with Gasteiger partial charge in [-0.1, -0.05) is 18.2 Å². The van der Waals surface area contributed by atoms with E-state index in [9.17, 15) is 18.0 Å². The third-order valence-corrected chi connectivity index (χ3v) is 5.10. The third-order valence-electron chi connectivity index (χ3n) is 3.99. The Kier molecular flexibility index (Phi) is 7.60. The van der Waals surface area contributed by atoms with Crippen LogP contribution in [0.25, 0.3) is 0 Å². The summed E-state index contributed by atoms with van der Waals surface area (Å²) >= 11 is 0. The van der Waals surface area contributed by atoms with Crippen LogP contribution >= 0.6 is 0 Å². The van der Waals surface area contributed by atoms with Crippen molar-refractivity contribution >= 4 is 27.4 Å². The van der Waals surface area contributed by atoms with Crippen molar-refractivity contribution in [3.63, 3.8) is 0 Å². The summed E-state index contributed by atoms with van der Waals surface area (Å²) in [6.07, 6.45) is 1.49. The van der Waals surface area contributed by atoms with E-state index < -0.39 is 28.3 Å². The molecule has 0 atom stereocenters. The molecule has 0 radical (unpaired) electrons. The molecule has 2 rings (SSSR count). The molecule has 0 saturated carbocycles. The van der Waals surface area contributed by atoms with Gasteiger partial charge < -0.3 is 19.5 Å². The Morgan fingerprint density at radius 2 is 1.76 bits per heavy atom. The van der Waals surface area contributed by atoms with Gasteiger partial charge in [-0.3, -0.25) is 9.59 Å². The van der Waals surface area contributed by atoms with Crippen LogP contribution in [0, 0.1) is 0 Å². The smallest absolute Gasteiger partial charge is 0.306 e. The van der Waals surface area contributed by atoms with Crippen LogP contribution in [-0.2, 0) is 30.6 Å². The average molecular weight is 421 g/mol. The number of nitrogens with one attached hydrogen (secondary N) is 1. The lowest BCUT2D eigenvalue weighted by molar-refractivity contribution is -0.147. The van der Waals surface area contributed by atoms with Gasteiger partial charge in [-0.05, 0) is 36.2 Å². The maximum Gasteiger partial charge on any atom is 0.306 e. The molecule has 0 unspecified atom stereocenters. The number of aryl methyl sites for hydroxylation is 1. The van der Waals surface area contributed by atoms with Gasteiger partial charge in [-0.15, -0.1) is 0 Å². The van der Waals surface area contributed by atoms with E-state index in [0.717, 1.165) is 11.8 Å². The number of esters is 1. The first-order valence-electron chi connectivity index (χ1n) is 8.70. The second-order valence-corrected chi connectivity index (χ2v) is 8.18. The molecule has 0 saturated heterocycles. The predicted molar refractivity (Wildman–Crippen MR) is 107 cm³/mol. The van der Waals surface area contributed by atoms with Gasteiger partial charge in [0.25, 0.3) is 5.91 Å². The molecule has 156 valence electrons. The summed E-state index contributed by atoms with van der Waals surface area (Å²) in [6, 6.07) is 11.2. The summed E-state index contributed by atoms with van der Waals surface area (Å²) in [6.45, 7) is -0.475. The van der Waals surface area contributed by atoms with Gasteiger partial charge in [-0.25, -0.2) is 8.42 Å². The van der Waals surface area contributed by atoms with Crippen LogP contribution in [-0.4, -0.2) is 47.4 Å². The largest absolute Gasteiger partial charge is 0.493 e. The van der Waals surface area contributed by atoms with Crippen LogP contribution in [0.5, 0.6) is 11.5 Å². The maximum absolute atomic E-state index is 12.0. The third kappa shape index (κ3) is 6.49. The molecule has 1 amide bonds. The Labute approximate surface area is 169 Å². The highest BCUT2D eigenvalue weighted by Crippen LogP contribution is 2.31. The Morgan fingerprint density at radius 3 is 2.41 bits per heavy atom. The zero-order chi connectivity index (χ0) is 21.4. The first kappa shape index (κ1) is 22.2. The van der Waals surface area contributed by atoms with Crippen molar-refractivity contribution in [2.75, 3.05) is 32.4 Å². The van der Waals surface area contributed by atoms with Crippen LogP contribution in [0.1, 0.15) is 12.0 Å². The highest BCUT2D eigenvalue weighted by molar-refractivity contribution is 7.90. The van der Waals surface area contributed by atoms with Crippen molar-refractivity contribution in [1.29, 1.82) is 0 Å². The molecule has 1 N–H and O–H groups in total. The predicted octanol–water partition coefficient (Wildman–Crippen LogP) is 2.22. The molecule has 2 aromatic rings.